The van der Waals surface area contributed by atoms with E-state index in [0.717, 1.165) is 10.0 Å². The van der Waals surface area contributed by atoms with Crippen molar-refractivity contribution in [3.63, 3.8) is 0 Å². The van der Waals surface area contributed by atoms with Crippen LogP contribution in [-0.4, -0.2) is 36.9 Å². The molecule has 1 atom stereocenters. The number of hydrogen-bond donors (Lipinski definition) is 2. The van der Waals surface area contributed by atoms with Crippen molar-refractivity contribution in [2.45, 2.75) is 13.0 Å². The monoisotopic (exact) mass is 403 g/mol. The van der Waals surface area contributed by atoms with Crippen molar-refractivity contribution in [3.8, 4) is 0 Å². The first-order valence-corrected chi connectivity index (χ1v) is 8.82. The Labute approximate surface area is 156 Å². The molecule has 2 amide bonds. The van der Waals surface area contributed by atoms with Gasteiger partial charge in [0.15, 0.2) is 0 Å². The summed E-state index contributed by atoms with van der Waals surface area (Å²) in [5.74, 6) is -0.286. The third kappa shape index (κ3) is 6.32. The number of hydrogen-bond acceptors (Lipinski definition) is 3. The quantitative estimate of drug-likeness (QED) is 0.745. The Morgan fingerprint density at radius 1 is 1.00 bits per heavy atom. The number of para-hydroxylation sites is 1. The molecular weight excluding hydrogens is 382 g/mol. The van der Waals surface area contributed by atoms with Crippen LogP contribution in [0.1, 0.15) is 18.5 Å². The molecule has 0 radical (unpaired) electrons. The molecule has 0 saturated carbocycles. The normalized spacial score (nSPS) is 11.8. The highest BCUT2D eigenvalue weighted by Crippen LogP contribution is 2.20. The predicted molar refractivity (Wildman–Crippen MR) is 103 cm³/mol. The second kappa shape index (κ2) is 9.34. The van der Waals surface area contributed by atoms with Gasteiger partial charge in [-0.05, 0) is 47.6 Å². The number of nitrogens with zero attached hydrogens (tertiary/aromatic N) is 1. The standard InChI is InChI=1S/C19H22BrN3O2/c1-14(15-8-4-3-5-9-15)21-18(24)12-23(2)13-19(25)22-17-11-7-6-10-16(17)20/h3-11,14H,12-13H2,1-2H3,(H,21,24)(H,22,25). The van der Waals surface area contributed by atoms with Crippen LogP contribution < -0.4 is 10.6 Å². The molecule has 6 heteroatoms. The molecule has 25 heavy (non-hydrogen) atoms. The van der Waals surface area contributed by atoms with Gasteiger partial charge < -0.3 is 10.6 Å². The minimum absolute atomic E-state index is 0.0730. The first-order valence-electron chi connectivity index (χ1n) is 8.03. The molecule has 5 nitrogen and oxygen atoms in total. The van der Waals surface area contributed by atoms with Gasteiger partial charge in [-0.3, -0.25) is 14.5 Å². The number of carbonyl (C=O) groups is 2. The number of amides is 2. The summed E-state index contributed by atoms with van der Waals surface area (Å²) in [4.78, 5) is 25.9. The smallest absolute Gasteiger partial charge is 0.238 e. The average Bonchev–Trinajstić information content (AvgIpc) is 2.57. The minimum Gasteiger partial charge on any atom is -0.348 e. The highest BCUT2D eigenvalue weighted by molar-refractivity contribution is 9.10. The van der Waals surface area contributed by atoms with E-state index in [1.165, 1.54) is 0 Å². The molecule has 0 aliphatic heterocycles. The maximum absolute atomic E-state index is 12.1. The fourth-order valence-corrected chi connectivity index (χ4v) is 2.79. The second-order valence-electron chi connectivity index (χ2n) is 5.90. The molecule has 2 N–H and O–H groups in total. The first-order chi connectivity index (χ1) is 12.0. The lowest BCUT2D eigenvalue weighted by atomic mass is 10.1. The highest BCUT2D eigenvalue weighted by Gasteiger charge is 2.14. The van der Waals surface area contributed by atoms with Gasteiger partial charge in [0.05, 0.1) is 24.8 Å². The third-order valence-electron chi connectivity index (χ3n) is 3.65. The summed E-state index contributed by atoms with van der Waals surface area (Å²) >= 11 is 3.39. The number of carbonyl (C=O) groups excluding carboxylic acids is 2. The molecule has 2 aromatic carbocycles. The molecule has 0 aromatic heterocycles. The fourth-order valence-electron chi connectivity index (χ4n) is 2.41. The van der Waals surface area contributed by atoms with Crippen LogP contribution in [0.3, 0.4) is 0 Å². The van der Waals surface area contributed by atoms with Crippen molar-refractivity contribution in [1.29, 1.82) is 0 Å². The number of halogens is 1. The molecule has 132 valence electrons. The van der Waals surface area contributed by atoms with Crippen molar-refractivity contribution in [2.24, 2.45) is 0 Å². The van der Waals surface area contributed by atoms with Crippen molar-refractivity contribution >= 4 is 33.4 Å². The third-order valence-corrected chi connectivity index (χ3v) is 4.34. The van der Waals surface area contributed by atoms with Crippen LogP contribution in [0.25, 0.3) is 0 Å². The molecule has 0 spiro atoms. The zero-order valence-electron chi connectivity index (χ0n) is 14.3. The molecule has 0 aliphatic carbocycles. The molecular formula is C19H22BrN3O2. The summed E-state index contributed by atoms with van der Waals surface area (Å²) in [7, 11) is 1.74. The SMILES string of the molecule is CC(NC(=O)CN(C)CC(=O)Nc1ccccc1Br)c1ccccc1. The molecule has 0 saturated heterocycles. The molecule has 2 aromatic rings. The number of likely N-dealkylation sites (N-methyl/N-ethyl adjacent to an activating group) is 1. The topological polar surface area (TPSA) is 61.4 Å². The van der Waals surface area contributed by atoms with E-state index >= 15 is 0 Å². The molecule has 0 bridgehead atoms. The lowest BCUT2D eigenvalue weighted by Gasteiger charge is -2.19. The predicted octanol–water partition coefficient (Wildman–Crippen LogP) is 3.20. The molecule has 0 heterocycles. The van der Waals surface area contributed by atoms with E-state index < -0.39 is 0 Å². The van der Waals surface area contributed by atoms with Gasteiger partial charge in [0, 0.05) is 4.47 Å². The van der Waals surface area contributed by atoms with Gasteiger partial charge in [0.25, 0.3) is 0 Å². The molecule has 0 fully saturated rings. The minimum atomic E-state index is -0.168. The van der Waals surface area contributed by atoms with Crippen LogP contribution in [0.4, 0.5) is 5.69 Å². The summed E-state index contributed by atoms with van der Waals surface area (Å²) in [5, 5.41) is 5.76. The summed E-state index contributed by atoms with van der Waals surface area (Å²) in [6.07, 6.45) is 0. The van der Waals surface area contributed by atoms with E-state index in [9.17, 15) is 9.59 Å². The Morgan fingerprint density at radius 3 is 2.28 bits per heavy atom. The van der Waals surface area contributed by atoms with E-state index in [2.05, 4.69) is 26.6 Å². The number of rotatable bonds is 7. The fraction of sp³-hybridized carbons (Fsp3) is 0.263. The first kappa shape index (κ1) is 19.1. The number of anilines is 1. The van der Waals surface area contributed by atoms with Crippen LogP contribution in [0.2, 0.25) is 0 Å². The van der Waals surface area contributed by atoms with Crippen LogP contribution in [0, 0.1) is 0 Å². The lowest BCUT2D eigenvalue weighted by molar-refractivity contribution is -0.123. The van der Waals surface area contributed by atoms with Crippen molar-refractivity contribution in [2.75, 3.05) is 25.5 Å². The van der Waals surface area contributed by atoms with Crippen LogP contribution in [0.15, 0.2) is 59.1 Å². The Morgan fingerprint density at radius 2 is 1.60 bits per heavy atom. The second-order valence-corrected chi connectivity index (χ2v) is 6.75. The Balaban J connectivity index is 1.79. The van der Waals surface area contributed by atoms with E-state index in [-0.39, 0.29) is 30.9 Å². The van der Waals surface area contributed by atoms with Crippen molar-refractivity contribution in [3.05, 3.63) is 64.6 Å². The molecule has 1 unspecified atom stereocenters. The van der Waals surface area contributed by atoms with Gasteiger partial charge >= 0.3 is 0 Å². The largest absolute Gasteiger partial charge is 0.348 e. The van der Waals surface area contributed by atoms with Gasteiger partial charge in [0.2, 0.25) is 11.8 Å². The van der Waals surface area contributed by atoms with Crippen molar-refractivity contribution in [1.82, 2.24) is 10.2 Å². The average molecular weight is 404 g/mol. The van der Waals surface area contributed by atoms with E-state index in [1.54, 1.807) is 11.9 Å². The Hall–Kier alpha value is -2.18. The highest BCUT2D eigenvalue weighted by atomic mass is 79.9. The summed E-state index contributed by atoms with van der Waals surface area (Å²) in [6.45, 7) is 2.22. The zero-order valence-corrected chi connectivity index (χ0v) is 15.9. The maximum Gasteiger partial charge on any atom is 0.238 e. The van der Waals surface area contributed by atoms with Gasteiger partial charge in [0.1, 0.15) is 0 Å². The van der Waals surface area contributed by atoms with Crippen LogP contribution in [0.5, 0.6) is 0 Å². The Bertz CT molecular complexity index is 722. The number of benzene rings is 2. The summed E-state index contributed by atoms with van der Waals surface area (Å²) in [5.41, 5.74) is 1.76. The van der Waals surface area contributed by atoms with Crippen molar-refractivity contribution < 1.29 is 9.59 Å². The van der Waals surface area contributed by atoms with Crippen LogP contribution in [-0.2, 0) is 9.59 Å². The molecule has 2 rings (SSSR count). The van der Waals surface area contributed by atoms with Gasteiger partial charge in [-0.2, -0.15) is 0 Å². The van der Waals surface area contributed by atoms with Crippen LogP contribution >= 0.6 is 15.9 Å². The molecule has 0 aliphatic rings. The summed E-state index contributed by atoms with van der Waals surface area (Å²) < 4.78 is 0.820. The van der Waals surface area contributed by atoms with Gasteiger partial charge in [-0.1, -0.05) is 42.5 Å². The lowest BCUT2D eigenvalue weighted by Crippen LogP contribution is -2.39. The number of nitrogens with one attached hydrogen (secondary N) is 2. The van der Waals surface area contributed by atoms with Gasteiger partial charge in [-0.25, -0.2) is 0 Å². The van der Waals surface area contributed by atoms with E-state index in [0.29, 0.717) is 5.69 Å². The van der Waals surface area contributed by atoms with E-state index in [1.807, 2.05) is 61.5 Å². The zero-order chi connectivity index (χ0) is 18.2. The maximum atomic E-state index is 12.1. The summed E-state index contributed by atoms with van der Waals surface area (Å²) in [6, 6.07) is 17.1. The Kier molecular flexibility index (Phi) is 7.16. The van der Waals surface area contributed by atoms with Gasteiger partial charge in [-0.15, -0.1) is 0 Å². The van der Waals surface area contributed by atoms with E-state index in [4.69, 9.17) is 0 Å².